The third kappa shape index (κ3) is 2.98. The zero-order valence-corrected chi connectivity index (χ0v) is 11.0. The van der Waals surface area contributed by atoms with Crippen molar-refractivity contribution in [3.05, 3.63) is 29.3 Å². The van der Waals surface area contributed by atoms with Gasteiger partial charge in [-0.15, -0.1) is 0 Å². The van der Waals surface area contributed by atoms with Gasteiger partial charge in [0.05, 0.1) is 11.3 Å². The summed E-state index contributed by atoms with van der Waals surface area (Å²) in [5.74, 6) is 0.388. The average Bonchev–Trinajstić information content (AvgIpc) is 2.29. The minimum Gasteiger partial charge on any atom is -0.377 e. The van der Waals surface area contributed by atoms with Gasteiger partial charge in [-0.25, -0.2) is 0 Å². The van der Waals surface area contributed by atoms with E-state index in [0.29, 0.717) is 18.0 Å². The van der Waals surface area contributed by atoms with Crippen molar-refractivity contribution < 1.29 is 0 Å². The molecule has 0 fully saturated rings. The summed E-state index contributed by atoms with van der Waals surface area (Å²) in [5.41, 5.74) is 8.31. The Balaban J connectivity index is 3.10. The van der Waals surface area contributed by atoms with Crippen LogP contribution in [0.25, 0.3) is 0 Å². The van der Waals surface area contributed by atoms with Crippen LogP contribution >= 0.6 is 0 Å². The quantitative estimate of drug-likeness (QED) is 0.837. The molecule has 17 heavy (non-hydrogen) atoms. The second kappa shape index (κ2) is 5.20. The Morgan fingerprint density at radius 3 is 2.59 bits per heavy atom. The van der Waals surface area contributed by atoms with Crippen molar-refractivity contribution in [2.45, 2.75) is 33.2 Å². The van der Waals surface area contributed by atoms with Crippen LogP contribution in [0.3, 0.4) is 0 Å². The lowest BCUT2D eigenvalue weighted by Gasteiger charge is -2.35. The summed E-state index contributed by atoms with van der Waals surface area (Å²) in [4.78, 5) is 0. The number of hydrogen-bond acceptors (Lipinski definition) is 3. The Labute approximate surface area is 104 Å². The minimum atomic E-state index is -0.195. The second-order valence-electron chi connectivity index (χ2n) is 5.06. The first-order valence-corrected chi connectivity index (χ1v) is 5.92. The number of hydrogen-bond donors (Lipinski definition) is 2. The third-order valence-electron chi connectivity index (χ3n) is 3.41. The molecule has 0 aromatic heterocycles. The highest BCUT2D eigenvalue weighted by Gasteiger charge is 2.27. The number of benzene rings is 1. The standard InChI is InChI=1S/C14H21N3/c1-10(2)14(4,9-16)17-13-7-11(3)5-6-12(13)8-15/h5-7,10,17H,9,16H2,1-4H3. The number of nitrogens with zero attached hydrogens (tertiary/aromatic N) is 1. The molecule has 3 heteroatoms. The van der Waals surface area contributed by atoms with Crippen LogP contribution in [0, 0.1) is 24.2 Å². The Kier molecular flexibility index (Phi) is 4.14. The van der Waals surface area contributed by atoms with Crippen LogP contribution in [-0.4, -0.2) is 12.1 Å². The number of anilines is 1. The molecule has 0 amide bonds. The number of rotatable bonds is 4. The van der Waals surface area contributed by atoms with Gasteiger partial charge >= 0.3 is 0 Å². The van der Waals surface area contributed by atoms with Gasteiger partial charge in [0.25, 0.3) is 0 Å². The summed E-state index contributed by atoms with van der Waals surface area (Å²) in [7, 11) is 0. The van der Waals surface area contributed by atoms with Crippen LogP contribution in [0.4, 0.5) is 5.69 Å². The summed E-state index contributed by atoms with van der Waals surface area (Å²) < 4.78 is 0. The van der Waals surface area contributed by atoms with Gasteiger partial charge in [-0.2, -0.15) is 5.26 Å². The van der Waals surface area contributed by atoms with Crippen LogP contribution < -0.4 is 11.1 Å². The maximum atomic E-state index is 9.10. The van der Waals surface area contributed by atoms with Crippen molar-refractivity contribution in [3.8, 4) is 6.07 Å². The Hall–Kier alpha value is -1.53. The van der Waals surface area contributed by atoms with Crippen molar-refractivity contribution >= 4 is 5.69 Å². The summed E-state index contributed by atoms with van der Waals surface area (Å²) in [6.45, 7) is 8.88. The summed E-state index contributed by atoms with van der Waals surface area (Å²) in [6.07, 6.45) is 0. The molecule has 0 heterocycles. The monoisotopic (exact) mass is 231 g/mol. The molecule has 0 aliphatic heterocycles. The zero-order chi connectivity index (χ0) is 13.1. The fraction of sp³-hybridized carbons (Fsp3) is 0.500. The van der Waals surface area contributed by atoms with E-state index in [2.05, 4.69) is 32.2 Å². The fourth-order valence-corrected chi connectivity index (χ4v) is 1.60. The molecule has 92 valence electrons. The molecule has 0 saturated carbocycles. The van der Waals surface area contributed by atoms with E-state index in [4.69, 9.17) is 11.0 Å². The highest BCUT2D eigenvalue weighted by Crippen LogP contribution is 2.25. The van der Waals surface area contributed by atoms with E-state index in [1.807, 2.05) is 25.1 Å². The number of nitrogens with two attached hydrogens (primary N) is 1. The topological polar surface area (TPSA) is 61.8 Å². The van der Waals surface area contributed by atoms with Crippen LogP contribution in [0.5, 0.6) is 0 Å². The maximum Gasteiger partial charge on any atom is 0.101 e. The molecule has 0 aliphatic rings. The molecule has 0 bridgehead atoms. The van der Waals surface area contributed by atoms with Gasteiger partial charge in [-0.3, -0.25) is 0 Å². The largest absolute Gasteiger partial charge is 0.377 e. The normalized spacial score (nSPS) is 14.2. The van der Waals surface area contributed by atoms with Crippen LogP contribution in [0.2, 0.25) is 0 Å². The van der Waals surface area contributed by atoms with Crippen LogP contribution in [0.15, 0.2) is 18.2 Å². The molecule has 3 N–H and O–H groups in total. The summed E-state index contributed by atoms with van der Waals surface area (Å²) >= 11 is 0. The average molecular weight is 231 g/mol. The zero-order valence-electron chi connectivity index (χ0n) is 11.0. The first kappa shape index (κ1) is 13.5. The van der Waals surface area contributed by atoms with E-state index in [-0.39, 0.29) is 5.54 Å². The second-order valence-corrected chi connectivity index (χ2v) is 5.06. The van der Waals surface area contributed by atoms with Crippen molar-refractivity contribution in [2.75, 3.05) is 11.9 Å². The lowest BCUT2D eigenvalue weighted by Crippen LogP contribution is -2.47. The van der Waals surface area contributed by atoms with Gasteiger partial charge in [0.1, 0.15) is 6.07 Å². The van der Waals surface area contributed by atoms with E-state index in [9.17, 15) is 0 Å². The van der Waals surface area contributed by atoms with Crippen molar-refractivity contribution in [2.24, 2.45) is 11.7 Å². The third-order valence-corrected chi connectivity index (χ3v) is 3.41. The molecule has 1 unspecified atom stereocenters. The molecule has 1 rings (SSSR count). The maximum absolute atomic E-state index is 9.10. The number of nitrogens with one attached hydrogen (secondary N) is 1. The van der Waals surface area contributed by atoms with Gasteiger partial charge < -0.3 is 11.1 Å². The summed E-state index contributed by atoms with van der Waals surface area (Å²) in [6, 6.07) is 7.99. The number of aryl methyl sites for hydroxylation is 1. The van der Waals surface area contributed by atoms with Gasteiger partial charge in [-0.1, -0.05) is 19.9 Å². The van der Waals surface area contributed by atoms with E-state index in [0.717, 1.165) is 11.3 Å². The van der Waals surface area contributed by atoms with Crippen LogP contribution in [-0.2, 0) is 0 Å². The lowest BCUT2D eigenvalue weighted by molar-refractivity contribution is 0.382. The van der Waals surface area contributed by atoms with Crippen LogP contribution in [0.1, 0.15) is 31.9 Å². The van der Waals surface area contributed by atoms with E-state index < -0.39 is 0 Å². The Bertz CT molecular complexity index is 432. The molecule has 1 aromatic carbocycles. The first-order chi connectivity index (χ1) is 7.92. The van der Waals surface area contributed by atoms with Gasteiger partial charge in [0, 0.05) is 12.1 Å². The molecular formula is C14H21N3. The minimum absolute atomic E-state index is 0.195. The predicted octanol–water partition coefficient (Wildman–Crippen LogP) is 2.65. The number of nitriles is 1. The predicted molar refractivity (Wildman–Crippen MR) is 71.8 cm³/mol. The molecule has 0 aliphatic carbocycles. The molecule has 0 radical (unpaired) electrons. The Morgan fingerprint density at radius 2 is 2.12 bits per heavy atom. The molecular weight excluding hydrogens is 210 g/mol. The highest BCUT2D eigenvalue weighted by atomic mass is 15.0. The molecule has 0 saturated heterocycles. The van der Waals surface area contributed by atoms with E-state index >= 15 is 0 Å². The molecule has 3 nitrogen and oxygen atoms in total. The molecule has 1 aromatic rings. The van der Waals surface area contributed by atoms with Crippen molar-refractivity contribution in [1.82, 2.24) is 0 Å². The molecule has 1 atom stereocenters. The van der Waals surface area contributed by atoms with Gasteiger partial charge in [0.2, 0.25) is 0 Å². The van der Waals surface area contributed by atoms with Gasteiger partial charge in [0.15, 0.2) is 0 Å². The highest BCUT2D eigenvalue weighted by molar-refractivity contribution is 5.60. The Morgan fingerprint density at radius 1 is 1.47 bits per heavy atom. The summed E-state index contributed by atoms with van der Waals surface area (Å²) in [5, 5.41) is 12.5. The van der Waals surface area contributed by atoms with Crippen molar-refractivity contribution in [3.63, 3.8) is 0 Å². The van der Waals surface area contributed by atoms with E-state index in [1.165, 1.54) is 0 Å². The molecule has 0 spiro atoms. The van der Waals surface area contributed by atoms with Gasteiger partial charge in [-0.05, 0) is 37.5 Å². The van der Waals surface area contributed by atoms with E-state index in [1.54, 1.807) is 0 Å². The lowest BCUT2D eigenvalue weighted by atomic mass is 9.88. The fourth-order valence-electron chi connectivity index (χ4n) is 1.60. The first-order valence-electron chi connectivity index (χ1n) is 5.92. The van der Waals surface area contributed by atoms with Crippen molar-refractivity contribution in [1.29, 1.82) is 5.26 Å². The smallest absolute Gasteiger partial charge is 0.101 e. The SMILES string of the molecule is Cc1ccc(C#N)c(NC(C)(CN)C(C)C)c1.